The van der Waals surface area contributed by atoms with Crippen molar-refractivity contribution in [3.05, 3.63) is 17.5 Å². The third-order valence-corrected chi connectivity index (χ3v) is 3.59. The van der Waals surface area contributed by atoms with Gasteiger partial charge in [0.15, 0.2) is 0 Å². The van der Waals surface area contributed by atoms with Crippen LogP contribution in [0.2, 0.25) is 0 Å². The van der Waals surface area contributed by atoms with Crippen LogP contribution in [0.1, 0.15) is 44.4 Å². The van der Waals surface area contributed by atoms with Crippen molar-refractivity contribution in [1.29, 1.82) is 0 Å². The predicted molar refractivity (Wildman–Crippen MR) is 72.5 cm³/mol. The van der Waals surface area contributed by atoms with Gasteiger partial charge in [0.1, 0.15) is 0 Å². The molecule has 1 N–H and O–H groups in total. The molecule has 1 aliphatic heterocycles. The smallest absolute Gasteiger partial charge is 0.0593 e. The molecule has 1 aliphatic rings. The van der Waals surface area contributed by atoms with Gasteiger partial charge in [-0.1, -0.05) is 13.8 Å². The summed E-state index contributed by atoms with van der Waals surface area (Å²) in [4.78, 5) is 0. The summed E-state index contributed by atoms with van der Waals surface area (Å²) >= 11 is 0. The predicted octanol–water partition coefficient (Wildman–Crippen LogP) is 2.26. The fraction of sp³-hybridized carbons (Fsp3) is 0.786. The highest BCUT2D eigenvalue weighted by atomic mass is 16.5. The molecule has 2 heterocycles. The van der Waals surface area contributed by atoms with Crippen LogP contribution in [0.3, 0.4) is 0 Å². The molecule has 102 valence electrons. The van der Waals surface area contributed by atoms with E-state index in [0.717, 1.165) is 26.1 Å². The summed E-state index contributed by atoms with van der Waals surface area (Å²) in [5.74, 6) is 0. The zero-order chi connectivity index (χ0) is 13.0. The maximum atomic E-state index is 5.65. The highest BCUT2D eigenvalue weighted by molar-refractivity contribution is 5.15. The van der Waals surface area contributed by atoms with Gasteiger partial charge < -0.3 is 10.1 Å². The standard InChI is InChI=1S/C14H25N3O/c1-11(2)15-9-13-10-16-17(12(13)3)7-6-14-5-4-8-18-14/h10-11,14-15H,4-9H2,1-3H3. The number of nitrogens with one attached hydrogen (secondary N) is 1. The minimum atomic E-state index is 0.450. The molecule has 1 aromatic rings. The lowest BCUT2D eigenvalue weighted by molar-refractivity contribution is 0.0993. The Morgan fingerprint density at radius 1 is 1.56 bits per heavy atom. The molecule has 0 spiro atoms. The van der Waals surface area contributed by atoms with Crippen LogP contribution in [-0.4, -0.2) is 28.5 Å². The number of rotatable bonds is 6. The van der Waals surface area contributed by atoms with Gasteiger partial charge >= 0.3 is 0 Å². The van der Waals surface area contributed by atoms with Crippen molar-refractivity contribution >= 4 is 0 Å². The van der Waals surface area contributed by atoms with Crippen molar-refractivity contribution in [1.82, 2.24) is 15.1 Å². The number of hydrogen-bond acceptors (Lipinski definition) is 3. The lowest BCUT2D eigenvalue weighted by Gasteiger charge is -2.11. The monoisotopic (exact) mass is 251 g/mol. The van der Waals surface area contributed by atoms with E-state index in [1.54, 1.807) is 0 Å². The SMILES string of the molecule is Cc1c(CNC(C)C)cnn1CCC1CCCO1. The average Bonchev–Trinajstić information content (AvgIpc) is 2.94. The minimum absolute atomic E-state index is 0.450. The molecular weight excluding hydrogens is 226 g/mol. The molecule has 0 amide bonds. The van der Waals surface area contributed by atoms with E-state index in [1.165, 1.54) is 24.1 Å². The van der Waals surface area contributed by atoms with Crippen molar-refractivity contribution in [3.8, 4) is 0 Å². The second kappa shape index (κ2) is 6.34. The molecule has 2 rings (SSSR count). The van der Waals surface area contributed by atoms with E-state index in [1.807, 2.05) is 6.20 Å². The molecule has 0 aliphatic carbocycles. The lowest BCUT2D eigenvalue weighted by atomic mass is 10.2. The van der Waals surface area contributed by atoms with E-state index in [-0.39, 0.29) is 0 Å². The Morgan fingerprint density at radius 2 is 2.39 bits per heavy atom. The Balaban J connectivity index is 1.84. The molecule has 0 bridgehead atoms. The van der Waals surface area contributed by atoms with E-state index in [2.05, 4.69) is 35.9 Å². The first-order valence-electron chi connectivity index (χ1n) is 7.03. The molecule has 0 radical (unpaired) electrons. The Labute approximate surface area is 110 Å². The molecule has 18 heavy (non-hydrogen) atoms. The quantitative estimate of drug-likeness (QED) is 0.843. The summed E-state index contributed by atoms with van der Waals surface area (Å²) in [5.41, 5.74) is 2.58. The fourth-order valence-electron chi connectivity index (χ4n) is 2.34. The van der Waals surface area contributed by atoms with E-state index < -0.39 is 0 Å². The second-order valence-corrected chi connectivity index (χ2v) is 5.44. The van der Waals surface area contributed by atoms with Crippen molar-refractivity contribution in [2.24, 2.45) is 0 Å². The summed E-state index contributed by atoms with van der Waals surface area (Å²) in [6.45, 7) is 9.29. The highest BCUT2D eigenvalue weighted by Crippen LogP contribution is 2.17. The first kappa shape index (κ1) is 13.6. The van der Waals surface area contributed by atoms with Crippen LogP contribution in [0.4, 0.5) is 0 Å². The van der Waals surface area contributed by atoms with Crippen molar-refractivity contribution in [2.75, 3.05) is 6.61 Å². The topological polar surface area (TPSA) is 39.1 Å². The lowest BCUT2D eigenvalue weighted by Crippen LogP contribution is -2.22. The van der Waals surface area contributed by atoms with Gasteiger partial charge in [-0.2, -0.15) is 5.10 Å². The number of ether oxygens (including phenoxy) is 1. The van der Waals surface area contributed by atoms with Gasteiger partial charge in [-0.3, -0.25) is 4.68 Å². The Morgan fingerprint density at radius 3 is 3.06 bits per heavy atom. The summed E-state index contributed by atoms with van der Waals surface area (Å²) in [5, 5.41) is 7.91. The van der Waals surface area contributed by atoms with Gasteiger partial charge in [-0.05, 0) is 26.2 Å². The summed E-state index contributed by atoms with van der Waals surface area (Å²) in [7, 11) is 0. The highest BCUT2D eigenvalue weighted by Gasteiger charge is 2.16. The maximum Gasteiger partial charge on any atom is 0.0593 e. The average molecular weight is 251 g/mol. The van der Waals surface area contributed by atoms with Gasteiger partial charge in [0.2, 0.25) is 0 Å². The van der Waals surface area contributed by atoms with E-state index >= 15 is 0 Å². The van der Waals surface area contributed by atoms with Crippen LogP contribution in [0.15, 0.2) is 6.20 Å². The van der Waals surface area contributed by atoms with Crippen LogP contribution in [0.25, 0.3) is 0 Å². The molecule has 4 heteroatoms. The van der Waals surface area contributed by atoms with Gasteiger partial charge in [0.05, 0.1) is 12.3 Å². The first-order valence-corrected chi connectivity index (χ1v) is 7.03. The van der Waals surface area contributed by atoms with Crippen molar-refractivity contribution in [2.45, 2.75) is 65.3 Å². The maximum absolute atomic E-state index is 5.65. The van der Waals surface area contributed by atoms with Gasteiger partial charge in [-0.15, -0.1) is 0 Å². The van der Waals surface area contributed by atoms with E-state index in [9.17, 15) is 0 Å². The molecule has 1 unspecified atom stereocenters. The Hall–Kier alpha value is -0.870. The Bertz CT molecular complexity index is 367. The minimum Gasteiger partial charge on any atom is -0.378 e. The van der Waals surface area contributed by atoms with Gasteiger partial charge in [-0.25, -0.2) is 0 Å². The summed E-state index contributed by atoms with van der Waals surface area (Å²) < 4.78 is 7.76. The number of hydrogen-bond donors (Lipinski definition) is 1. The largest absolute Gasteiger partial charge is 0.378 e. The zero-order valence-electron chi connectivity index (χ0n) is 11.8. The van der Waals surface area contributed by atoms with Gasteiger partial charge in [0, 0.05) is 37.0 Å². The zero-order valence-corrected chi connectivity index (χ0v) is 11.8. The summed E-state index contributed by atoms with van der Waals surface area (Å²) in [6, 6.07) is 0.514. The normalized spacial score (nSPS) is 19.9. The molecule has 1 fully saturated rings. The molecule has 1 saturated heterocycles. The van der Waals surface area contributed by atoms with Crippen LogP contribution in [0.5, 0.6) is 0 Å². The van der Waals surface area contributed by atoms with Gasteiger partial charge in [0.25, 0.3) is 0 Å². The Kier molecular flexibility index (Phi) is 4.78. The van der Waals surface area contributed by atoms with Crippen LogP contribution in [-0.2, 0) is 17.8 Å². The third-order valence-electron chi connectivity index (χ3n) is 3.59. The third kappa shape index (κ3) is 3.56. The van der Waals surface area contributed by atoms with Crippen LogP contribution < -0.4 is 5.32 Å². The van der Waals surface area contributed by atoms with Crippen LogP contribution in [0, 0.1) is 6.92 Å². The fourth-order valence-corrected chi connectivity index (χ4v) is 2.34. The molecule has 4 nitrogen and oxygen atoms in total. The first-order chi connectivity index (χ1) is 8.66. The van der Waals surface area contributed by atoms with Crippen molar-refractivity contribution in [3.63, 3.8) is 0 Å². The number of nitrogens with zero attached hydrogens (tertiary/aromatic N) is 2. The van der Waals surface area contributed by atoms with Crippen molar-refractivity contribution < 1.29 is 4.74 Å². The summed E-state index contributed by atoms with van der Waals surface area (Å²) in [6.07, 6.45) is 5.94. The molecule has 0 saturated carbocycles. The molecule has 1 aromatic heterocycles. The second-order valence-electron chi connectivity index (χ2n) is 5.44. The van der Waals surface area contributed by atoms with E-state index in [0.29, 0.717) is 12.1 Å². The van der Waals surface area contributed by atoms with E-state index in [4.69, 9.17) is 4.74 Å². The molecular formula is C14H25N3O. The number of aromatic nitrogens is 2. The molecule has 1 atom stereocenters. The molecule has 0 aromatic carbocycles. The van der Waals surface area contributed by atoms with Crippen LogP contribution >= 0.6 is 0 Å². The number of aryl methyl sites for hydroxylation is 1.